The number of halogens is 2. The Bertz CT molecular complexity index is 944. The molecule has 4 rings (SSSR count). The second kappa shape index (κ2) is 8.26. The number of aliphatic carboxylic acids is 1. The maximum Gasteiger partial charge on any atom is 0.410 e. The molecule has 164 valence electrons. The summed E-state index contributed by atoms with van der Waals surface area (Å²) in [6, 6.07) is 14.7. The molecule has 1 amide bonds. The number of likely N-dealkylation sites (tertiary alicyclic amines) is 1. The molecule has 0 radical (unpaired) electrons. The van der Waals surface area contributed by atoms with Crippen LogP contribution < -0.4 is 0 Å². The first-order valence-corrected chi connectivity index (χ1v) is 10.2. The van der Waals surface area contributed by atoms with Crippen molar-refractivity contribution in [1.82, 2.24) is 9.80 Å². The molecule has 0 aromatic heterocycles. The molecule has 1 atom stereocenters. The zero-order chi connectivity index (χ0) is 22.2. The lowest BCUT2D eigenvalue weighted by atomic mass is 9.98. The van der Waals surface area contributed by atoms with Crippen LogP contribution in [0.25, 0.3) is 11.1 Å². The minimum absolute atomic E-state index is 0.0477. The number of ether oxygens (including phenoxy) is 1. The summed E-state index contributed by atoms with van der Waals surface area (Å²) in [4.78, 5) is 26.8. The quantitative estimate of drug-likeness (QED) is 0.726. The van der Waals surface area contributed by atoms with Gasteiger partial charge in [0.25, 0.3) is 5.92 Å². The van der Waals surface area contributed by atoms with Gasteiger partial charge in [0, 0.05) is 19.5 Å². The van der Waals surface area contributed by atoms with Crippen LogP contribution >= 0.6 is 0 Å². The molecule has 1 heterocycles. The fourth-order valence-corrected chi connectivity index (χ4v) is 4.38. The van der Waals surface area contributed by atoms with Crippen molar-refractivity contribution in [1.29, 1.82) is 0 Å². The Morgan fingerprint density at radius 2 is 1.68 bits per heavy atom. The Kier molecular flexibility index (Phi) is 5.66. The highest BCUT2D eigenvalue weighted by Gasteiger charge is 2.44. The second-order valence-corrected chi connectivity index (χ2v) is 8.12. The van der Waals surface area contributed by atoms with Gasteiger partial charge in [0.05, 0.1) is 13.1 Å². The lowest BCUT2D eigenvalue weighted by Crippen LogP contribution is -2.57. The zero-order valence-corrected chi connectivity index (χ0v) is 17.1. The molecule has 8 heteroatoms. The SMILES string of the molecule is CN(C(=O)OCC1c2ccccc2-c2ccccc21)C(CCN1CC(F)(F)C1)C(=O)O. The number of amides is 1. The molecular formula is C23H24F2N2O4. The van der Waals surface area contributed by atoms with Crippen molar-refractivity contribution in [2.45, 2.75) is 24.3 Å². The van der Waals surface area contributed by atoms with Crippen molar-refractivity contribution in [3.05, 3.63) is 59.7 Å². The summed E-state index contributed by atoms with van der Waals surface area (Å²) < 4.78 is 31.5. The molecular weight excluding hydrogens is 406 g/mol. The molecule has 1 aliphatic carbocycles. The van der Waals surface area contributed by atoms with Crippen LogP contribution in [0, 0.1) is 0 Å². The van der Waals surface area contributed by atoms with Crippen molar-refractivity contribution in [2.24, 2.45) is 0 Å². The van der Waals surface area contributed by atoms with Crippen molar-refractivity contribution in [3.8, 4) is 11.1 Å². The van der Waals surface area contributed by atoms with E-state index in [-0.39, 0.29) is 38.6 Å². The molecule has 0 spiro atoms. The molecule has 2 aliphatic rings. The van der Waals surface area contributed by atoms with E-state index in [1.165, 1.54) is 11.9 Å². The Morgan fingerprint density at radius 1 is 1.13 bits per heavy atom. The van der Waals surface area contributed by atoms with Gasteiger partial charge < -0.3 is 9.84 Å². The Labute approximate surface area is 179 Å². The van der Waals surface area contributed by atoms with Gasteiger partial charge in [0.2, 0.25) is 0 Å². The molecule has 31 heavy (non-hydrogen) atoms. The van der Waals surface area contributed by atoms with Crippen LogP contribution in [-0.4, -0.2) is 72.2 Å². The van der Waals surface area contributed by atoms with E-state index in [2.05, 4.69) is 0 Å². The largest absolute Gasteiger partial charge is 0.480 e. The van der Waals surface area contributed by atoms with E-state index in [0.29, 0.717) is 0 Å². The van der Waals surface area contributed by atoms with Gasteiger partial charge in [-0.3, -0.25) is 9.80 Å². The molecule has 1 unspecified atom stereocenters. The van der Waals surface area contributed by atoms with Gasteiger partial charge in [-0.05, 0) is 28.7 Å². The molecule has 0 bridgehead atoms. The topological polar surface area (TPSA) is 70.1 Å². The van der Waals surface area contributed by atoms with E-state index in [1.54, 1.807) is 0 Å². The maximum atomic E-state index is 13.0. The average molecular weight is 430 g/mol. The normalized spacial score (nSPS) is 17.9. The molecule has 1 fully saturated rings. The number of carboxylic acid groups (broad SMARTS) is 1. The minimum Gasteiger partial charge on any atom is -0.480 e. The van der Waals surface area contributed by atoms with Gasteiger partial charge in [-0.25, -0.2) is 18.4 Å². The lowest BCUT2D eigenvalue weighted by Gasteiger charge is -2.39. The first-order chi connectivity index (χ1) is 14.8. The molecule has 1 aliphatic heterocycles. The average Bonchev–Trinajstić information content (AvgIpc) is 3.04. The number of rotatable bonds is 7. The summed E-state index contributed by atoms with van der Waals surface area (Å²) in [7, 11) is 1.36. The monoisotopic (exact) mass is 430 g/mol. The number of hydrogen-bond acceptors (Lipinski definition) is 4. The van der Waals surface area contributed by atoms with Crippen LogP contribution in [0.5, 0.6) is 0 Å². The van der Waals surface area contributed by atoms with Gasteiger partial charge in [0.15, 0.2) is 0 Å². The Balaban J connectivity index is 1.39. The third-order valence-electron chi connectivity index (χ3n) is 6.01. The third kappa shape index (κ3) is 4.25. The van der Waals surface area contributed by atoms with E-state index in [1.807, 2.05) is 48.5 Å². The highest BCUT2D eigenvalue weighted by atomic mass is 19.3. The van der Waals surface area contributed by atoms with E-state index in [4.69, 9.17) is 4.74 Å². The van der Waals surface area contributed by atoms with E-state index in [9.17, 15) is 23.5 Å². The first kappa shape index (κ1) is 21.2. The van der Waals surface area contributed by atoms with Crippen molar-refractivity contribution >= 4 is 12.1 Å². The van der Waals surface area contributed by atoms with Gasteiger partial charge >= 0.3 is 12.1 Å². The zero-order valence-electron chi connectivity index (χ0n) is 17.1. The van der Waals surface area contributed by atoms with Crippen LogP contribution in [0.3, 0.4) is 0 Å². The fourth-order valence-electron chi connectivity index (χ4n) is 4.38. The summed E-state index contributed by atoms with van der Waals surface area (Å²) in [5, 5.41) is 9.52. The maximum absolute atomic E-state index is 13.0. The van der Waals surface area contributed by atoms with Crippen LogP contribution in [-0.2, 0) is 9.53 Å². The van der Waals surface area contributed by atoms with E-state index in [0.717, 1.165) is 27.2 Å². The number of nitrogens with zero attached hydrogens (tertiary/aromatic N) is 2. The highest BCUT2D eigenvalue weighted by Crippen LogP contribution is 2.44. The van der Waals surface area contributed by atoms with Crippen molar-refractivity contribution in [2.75, 3.05) is 33.3 Å². The molecule has 6 nitrogen and oxygen atoms in total. The predicted octanol–water partition coefficient (Wildman–Crippen LogP) is 3.66. The van der Waals surface area contributed by atoms with Crippen molar-refractivity contribution < 1.29 is 28.2 Å². The molecule has 2 aromatic rings. The number of alkyl halides is 2. The van der Waals surface area contributed by atoms with E-state index >= 15 is 0 Å². The number of fused-ring (bicyclic) bond motifs is 3. The minimum atomic E-state index is -2.71. The fraction of sp³-hybridized carbons (Fsp3) is 0.391. The number of carbonyl (C=O) groups excluding carboxylic acids is 1. The van der Waals surface area contributed by atoms with Gasteiger partial charge in [-0.1, -0.05) is 48.5 Å². The predicted molar refractivity (Wildman–Crippen MR) is 110 cm³/mol. The standard InChI is InChI=1S/C23H24F2N2O4/c1-26(20(21(28)29)10-11-27-13-23(24,25)14-27)22(30)31-12-19-17-8-4-2-6-15(17)16-7-3-5-9-18(16)19/h2-9,19-20H,10-14H2,1H3,(H,28,29). The highest BCUT2D eigenvalue weighted by molar-refractivity contribution is 5.81. The Hall–Kier alpha value is -3.00. The van der Waals surface area contributed by atoms with Crippen LogP contribution in [0.2, 0.25) is 0 Å². The third-order valence-corrected chi connectivity index (χ3v) is 6.01. The summed E-state index contributed by atoms with van der Waals surface area (Å²) >= 11 is 0. The second-order valence-electron chi connectivity index (χ2n) is 8.12. The molecule has 2 aromatic carbocycles. The van der Waals surface area contributed by atoms with Gasteiger partial charge in [-0.2, -0.15) is 0 Å². The number of hydrogen-bond donors (Lipinski definition) is 1. The Morgan fingerprint density at radius 3 is 2.19 bits per heavy atom. The van der Waals surface area contributed by atoms with Crippen molar-refractivity contribution in [3.63, 3.8) is 0 Å². The lowest BCUT2D eigenvalue weighted by molar-refractivity contribution is -0.145. The molecule has 0 saturated carbocycles. The summed E-state index contributed by atoms with van der Waals surface area (Å²) in [5.74, 6) is -4.03. The molecule has 1 N–H and O–H groups in total. The number of benzene rings is 2. The number of likely N-dealkylation sites (N-methyl/N-ethyl adjacent to an activating group) is 1. The van der Waals surface area contributed by atoms with Crippen LogP contribution in [0.15, 0.2) is 48.5 Å². The number of carboxylic acids is 1. The van der Waals surface area contributed by atoms with Gasteiger partial charge in [-0.15, -0.1) is 0 Å². The summed E-state index contributed by atoms with van der Waals surface area (Å²) in [5.41, 5.74) is 4.32. The van der Waals surface area contributed by atoms with Crippen LogP contribution in [0.1, 0.15) is 23.5 Å². The summed E-state index contributed by atoms with van der Waals surface area (Å²) in [6.45, 7) is -0.503. The smallest absolute Gasteiger partial charge is 0.410 e. The van der Waals surface area contributed by atoms with Crippen LogP contribution in [0.4, 0.5) is 13.6 Å². The summed E-state index contributed by atoms with van der Waals surface area (Å²) in [6.07, 6.45) is -0.699. The number of carbonyl (C=O) groups is 2. The van der Waals surface area contributed by atoms with E-state index < -0.39 is 24.0 Å². The van der Waals surface area contributed by atoms with Gasteiger partial charge in [0.1, 0.15) is 12.6 Å². The first-order valence-electron chi connectivity index (χ1n) is 10.2. The molecule has 1 saturated heterocycles.